The average Bonchev–Trinajstić information content (AvgIpc) is 3.55. The van der Waals surface area contributed by atoms with Gasteiger partial charge in [-0.3, -0.25) is 14.9 Å². The van der Waals surface area contributed by atoms with E-state index in [4.69, 9.17) is 4.74 Å². The number of ether oxygens (including phenoxy) is 1. The van der Waals surface area contributed by atoms with Crippen LogP contribution in [0.5, 0.6) is 0 Å². The van der Waals surface area contributed by atoms with Crippen LogP contribution in [0.3, 0.4) is 0 Å². The number of aliphatic hydroxyl groups is 1. The zero-order chi connectivity index (χ0) is 26.0. The summed E-state index contributed by atoms with van der Waals surface area (Å²) in [7, 11) is 0. The molecule has 3 aliphatic carbocycles. The van der Waals surface area contributed by atoms with E-state index in [0.717, 1.165) is 51.6 Å². The first-order valence-corrected chi connectivity index (χ1v) is 14.4. The van der Waals surface area contributed by atoms with E-state index in [2.05, 4.69) is 44.8 Å². The number of rotatable bonds is 4. The van der Waals surface area contributed by atoms with Crippen LogP contribution >= 0.6 is 0 Å². The molecule has 2 aliphatic heterocycles. The van der Waals surface area contributed by atoms with Crippen LogP contribution in [-0.2, 0) is 14.3 Å². The number of carbonyl (C=O) groups excluding carboxylic acids is 3. The van der Waals surface area contributed by atoms with Crippen LogP contribution < -0.4 is 5.32 Å². The number of fused-ring (bicyclic) bond motifs is 2. The van der Waals surface area contributed by atoms with Gasteiger partial charge >= 0.3 is 6.09 Å². The number of nitrogens with zero attached hydrogens (tertiary/aromatic N) is 1. The topological polar surface area (TPSA) is 95.9 Å². The van der Waals surface area contributed by atoms with Gasteiger partial charge in [-0.05, 0) is 73.7 Å². The zero-order valence-corrected chi connectivity index (χ0v) is 22.8. The zero-order valence-electron chi connectivity index (χ0n) is 22.8. The van der Waals surface area contributed by atoms with Crippen LogP contribution in [0.1, 0.15) is 86.0 Å². The molecule has 7 heteroatoms. The van der Waals surface area contributed by atoms with Gasteiger partial charge in [-0.15, -0.1) is 0 Å². The largest absolute Gasteiger partial charge is 0.445 e. The van der Waals surface area contributed by atoms with Gasteiger partial charge in [0.1, 0.15) is 11.9 Å². The number of aliphatic hydroxyl groups excluding tert-OH is 1. The molecule has 11 atom stereocenters. The number of Topliss-reactive ketones (excluding diaryl/α,β-unsaturated/α-hetero) is 1. The highest BCUT2D eigenvalue weighted by Crippen LogP contribution is 2.68. The summed E-state index contributed by atoms with van der Waals surface area (Å²) < 4.78 is 6.23. The van der Waals surface area contributed by atoms with E-state index in [1.54, 1.807) is 0 Å². The molecule has 7 nitrogen and oxygen atoms in total. The Morgan fingerprint density at radius 3 is 2.56 bits per heavy atom. The lowest BCUT2D eigenvalue weighted by atomic mass is 9.43. The van der Waals surface area contributed by atoms with Crippen molar-refractivity contribution in [3.8, 4) is 0 Å². The Hall–Kier alpha value is -1.47. The number of alkyl carbamates (subject to hydrolysis) is 1. The van der Waals surface area contributed by atoms with Crippen LogP contribution in [0.15, 0.2) is 0 Å². The van der Waals surface area contributed by atoms with E-state index in [1.807, 2.05) is 0 Å². The van der Waals surface area contributed by atoms with Gasteiger partial charge < -0.3 is 14.7 Å². The second-order valence-corrected chi connectivity index (χ2v) is 13.6. The van der Waals surface area contributed by atoms with Gasteiger partial charge in [0.25, 0.3) is 0 Å². The molecule has 5 fully saturated rings. The highest BCUT2D eigenvalue weighted by atomic mass is 16.6. The predicted molar refractivity (Wildman–Crippen MR) is 136 cm³/mol. The van der Waals surface area contributed by atoms with Gasteiger partial charge in [-0.1, -0.05) is 41.0 Å². The summed E-state index contributed by atoms with van der Waals surface area (Å²) >= 11 is 0. The Morgan fingerprint density at radius 1 is 1.17 bits per heavy atom. The van der Waals surface area contributed by atoms with Gasteiger partial charge in [-0.25, -0.2) is 4.79 Å². The highest BCUT2D eigenvalue weighted by molar-refractivity contribution is 5.93. The summed E-state index contributed by atoms with van der Waals surface area (Å²) in [5.41, 5.74) is -1.24. The number of amides is 2. The summed E-state index contributed by atoms with van der Waals surface area (Å²) in [4.78, 5) is 42.1. The number of imide groups is 1. The van der Waals surface area contributed by atoms with Crippen LogP contribution in [0.2, 0.25) is 0 Å². The van der Waals surface area contributed by atoms with E-state index >= 15 is 0 Å². The monoisotopic (exact) mass is 502 g/mol. The maximum atomic E-state index is 13.5. The first-order valence-electron chi connectivity index (χ1n) is 14.4. The van der Waals surface area contributed by atoms with Gasteiger partial charge in [0.05, 0.1) is 12.0 Å². The minimum atomic E-state index is -0.695. The molecule has 2 N–H and O–H groups in total. The van der Waals surface area contributed by atoms with Gasteiger partial charge in [0.2, 0.25) is 5.91 Å². The van der Waals surface area contributed by atoms with Crippen molar-refractivity contribution >= 4 is 17.8 Å². The second kappa shape index (κ2) is 9.07. The normalized spacial score (nSPS) is 49.8. The third kappa shape index (κ3) is 3.78. The van der Waals surface area contributed by atoms with Gasteiger partial charge in [-0.2, -0.15) is 0 Å². The second-order valence-electron chi connectivity index (χ2n) is 13.6. The molecule has 36 heavy (non-hydrogen) atoms. The molecule has 0 aromatic heterocycles. The summed E-state index contributed by atoms with van der Waals surface area (Å²) in [5.74, 6) is 0.122. The molecule has 0 radical (unpaired) electrons. The summed E-state index contributed by atoms with van der Waals surface area (Å²) in [5, 5.41) is 14.4. The Bertz CT molecular complexity index is 923. The molecular weight excluding hydrogens is 456 g/mol. The van der Waals surface area contributed by atoms with Gasteiger partial charge in [0, 0.05) is 30.8 Å². The fourth-order valence-electron chi connectivity index (χ4n) is 9.61. The molecule has 4 bridgehead atoms. The number of nitrogens with one attached hydrogen (secondary N) is 1. The molecule has 3 unspecified atom stereocenters. The molecule has 5 aliphatic rings. The number of hydrogen-bond acceptors (Lipinski definition) is 6. The number of carbonyl (C=O) groups is 3. The average molecular weight is 503 g/mol. The van der Waals surface area contributed by atoms with Crippen LogP contribution in [0.4, 0.5) is 4.79 Å². The molecule has 2 heterocycles. The van der Waals surface area contributed by atoms with Crippen LogP contribution in [-0.4, -0.2) is 59.6 Å². The molecule has 202 valence electrons. The fourth-order valence-corrected chi connectivity index (χ4v) is 9.61. The third-order valence-electron chi connectivity index (χ3n) is 11.9. The lowest BCUT2D eigenvalue weighted by Gasteiger charge is -2.62. The van der Waals surface area contributed by atoms with Crippen molar-refractivity contribution in [2.75, 3.05) is 19.6 Å². The molecule has 0 spiro atoms. The van der Waals surface area contributed by atoms with E-state index in [1.165, 1.54) is 0 Å². The number of piperidine rings is 1. The van der Waals surface area contributed by atoms with Gasteiger partial charge in [0.15, 0.2) is 0 Å². The summed E-state index contributed by atoms with van der Waals surface area (Å²) in [6.07, 6.45) is 4.62. The minimum Gasteiger partial charge on any atom is -0.445 e. The lowest BCUT2D eigenvalue weighted by Crippen LogP contribution is -2.63. The standard InChI is InChI=1S/C29H46N2O5/c1-6-10-27(4)14-22(36-26(35)30-25(34)20-16-31-13-9-19(20)15-31)28(5)17(2)7-11-29(18(3)24(27)33)12-8-21(32)23(28)29/h17-20,22-24,33H,6-16H2,1-5H3,(H,30,34,35)/t17-,18+,19-,20+,22-,23?,24+,27-,28+,29?/m1/s1. The van der Waals surface area contributed by atoms with Crippen molar-refractivity contribution < 1.29 is 24.2 Å². The lowest BCUT2D eigenvalue weighted by molar-refractivity contribution is -0.199. The smallest absolute Gasteiger partial charge is 0.414 e. The van der Waals surface area contributed by atoms with E-state index in [9.17, 15) is 19.5 Å². The molecule has 3 saturated carbocycles. The predicted octanol–water partition coefficient (Wildman–Crippen LogP) is 4.17. The first kappa shape index (κ1) is 26.1. The first-order chi connectivity index (χ1) is 17.0. The maximum Gasteiger partial charge on any atom is 0.414 e. The van der Waals surface area contributed by atoms with Crippen molar-refractivity contribution in [2.45, 2.75) is 98.2 Å². The van der Waals surface area contributed by atoms with Crippen molar-refractivity contribution in [2.24, 2.45) is 45.8 Å². The molecule has 2 amide bonds. The van der Waals surface area contributed by atoms with E-state index in [0.29, 0.717) is 25.3 Å². The number of ketones is 1. The highest BCUT2D eigenvalue weighted by Gasteiger charge is 2.68. The molecule has 2 saturated heterocycles. The van der Waals surface area contributed by atoms with E-state index in [-0.39, 0.29) is 40.8 Å². The Balaban J connectivity index is 1.46. The van der Waals surface area contributed by atoms with Crippen molar-refractivity contribution in [3.63, 3.8) is 0 Å². The quantitative estimate of drug-likeness (QED) is 0.599. The molecule has 0 aromatic rings. The number of hydrogen-bond donors (Lipinski definition) is 2. The summed E-state index contributed by atoms with van der Waals surface area (Å²) in [6, 6.07) is 0. The Kier molecular flexibility index (Phi) is 6.59. The summed E-state index contributed by atoms with van der Waals surface area (Å²) in [6.45, 7) is 13.4. The van der Waals surface area contributed by atoms with Crippen LogP contribution in [0.25, 0.3) is 0 Å². The molecular formula is C29H46N2O5. The van der Waals surface area contributed by atoms with Crippen LogP contribution in [0, 0.1) is 45.8 Å². The van der Waals surface area contributed by atoms with Crippen molar-refractivity contribution in [1.82, 2.24) is 10.2 Å². The Labute approximate surface area is 216 Å². The third-order valence-corrected chi connectivity index (χ3v) is 11.9. The van der Waals surface area contributed by atoms with Crippen molar-refractivity contribution in [3.05, 3.63) is 0 Å². The molecule has 5 rings (SSSR count). The maximum absolute atomic E-state index is 13.5. The Morgan fingerprint density at radius 2 is 1.92 bits per heavy atom. The fraction of sp³-hybridized carbons (Fsp3) is 0.897. The SMILES string of the molecule is CCC[C@]1(C)C[C@@H](OC(=O)NC(=O)[C@H]2CN3CC[C@@H]2C3)[C@@]2(C)C3C(=O)CCC3(CC[C@H]2C)[C@@H](C)[C@@H]1O. The van der Waals surface area contributed by atoms with Crippen molar-refractivity contribution in [1.29, 1.82) is 0 Å². The van der Waals surface area contributed by atoms with E-state index < -0.39 is 29.1 Å². The minimum absolute atomic E-state index is 0.00136. The molecule has 0 aromatic carbocycles.